The first-order chi connectivity index (χ1) is 8.30. The Balaban J connectivity index is 2.70. The summed E-state index contributed by atoms with van der Waals surface area (Å²) in [6, 6.07) is 1.01. The number of halogens is 5. The van der Waals surface area contributed by atoms with Gasteiger partial charge in [0.2, 0.25) is 0 Å². The molecule has 1 heterocycles. The molecule has 0 amide bonds. The molecule has 0 spiro atoms. The van der Waals surface area contributed by atoms with E-state index in [0.29, 0.717) is 17.4 Å². The van der Waals surface area contributed by atoms with Crippen LogP contribution in [0.4, 0.5) is 19.0 Å². The summed E-state index contributed by atoms with van der Waals surface area (Å²) in [4.78, 5) is 3.75. The van der Waals surface area contributed by atoms with E-state index in [-0.39, 0.29) is 11.2 Å². The first kappa shape index (κ1) is 15.6. The molecule has 2 nitrogen and oxygen atoms in total. The number of anilines is 1. The van der Waals surface area contributed by atoms with Gasteiger partial charge in [-0.1, -0.05) is 0 Å². The van der Waals surface area contributed by atoms with Crippen LogP contribution in [-0.4, -0.2) is 16.9 Å². The molecule has 0 aliphatic rings. The fourth-order valence-electron chi connectivity index (χ4n) is 1.39. The van der Waals surface area contributed by atoms with Gasteiger partial charge in [0.15, 0.2) is 0 Å². The Kier molecular flexibility index (Phi) is 5.72. The average molecular weight is 346 g/mol. The van der Waals surface area contributed by atoms with Crippen molar-refractivity contribution in [1.82, 2.24) is 4.98 Å². The quantitative estimate of drug-likeness (QED) is 0.619. The van der Waals surface area contributed by atoms with Crippen molar-refractivity contribution in [1.29, 1.82) is 0 Å². The van der Waals surface area contributed by atoms with Gasteiger partial charge in [-0.15, -0.1) is 11.6 Å². The number of pyridine rings is 1. The van der Waals surface area contributed by atoms with Crippen molar-refractivity contribution in [3.8, 4) is 0 Å². The van der Waals surface area contributed by atoms with Crippen molar-refractivity contribution in [2.45, 2.75) is 31.3 Å². The Bertz CT molecular complexity index is 396. The summed E-state index contributed by atoms with van der Waals surface area (Å²) in [5.74, 6) is -0.145. The average Bonchev–Trinajstić information content (AvgIpc) is 2.24. The highest BCUT2D eigenvalue weighted by Crippen LogP contribution is 2.35. The second-order valence-electron chi connectivity index (χ2n) is 3.90. The lowest BCUT2D eigenvalue weighted by Gasteiger charge is -2.14. The number of hydrogen-bond acceptors (Lipinski definition) is 2. The van der Waals surface area contributed by atoms with Gasteiger partial charge < -0.3 is 5.32 Å². The minimum Gasteiger partial charge on any atom is -0.370 e. The Morgan fingerprint density at radius 2 is 2.17 bits per heavy atom. The topological polar surface area (TPSA) is 24.9 Å². The Labute approximate surface area is 117 Å². The Hall–Kier alpha value is -0.490. The lowest BCUT2D eigenvalue weighted by molar-refractivity contribution is -0.137. The number of rotatable bonds is 5. The van der Waals surface area contributed by atoms with E-state index < -0.39 is 11.7 Å². The second-order valence-corrected chi connectivity index (χ2v) is 5.56. The monoisotopic (exact) mass is 344 g/mol. The Morgan fingerprint density at radius 3 is 2.72 bits per heavy atom. The van der Waals surface area contributed by atoms with Gasteiger partial charge in [-0.05, 0) is 41.8 Å². The van der Waals surface area contributed by atoms with E-state index >= 15 is 0 Å². The summed E-state index contributed by atoms with van der Waals surface area (Å²) in [6.07, 6.45) is -1.65. The standard InChI is InChI=1S/C11H13BrClF3N2/c1-7(13)3-2-4-17-10-9(11(14,15)16)5-8(12)6-18-10/h5-7H,2-4H2,1H3,(H,17,18). The van der Waals surface area contributed by atoms with Gasteiger partial charge in [0.25, 0.3) is 0 Å². The summed E-state index contributed by atoms with van der Waals surface area (Å²) < 4.78 is 38.5. The maximum atomic E-state index is 12.7. The summed E-state index contributed by atoms with van der Waals surface area (Å²) in [7, 11) is 0. The molecule has 0 aromatic carbocycles. The van der Waals surface area contributed by atoms with Crippen LogP contribution in [0.5, 0.6) is 0 Å². The van der Waals surface area contributed by atoms with Gasteiger partial charge in [-0.2, -0.15) is 13.2 Å². The fraction of sp³-hybridized carbons (Fsp3) is 0.545. The molecule has 1 rings (SSSR count). The zero-order valence-corrected chi connectivity index (χ0v) is 12.0. The highest BCUT2D eigenvalue weighted by molar-refractivity contribution is 9.10. The summed E-state index contributed by atoms with van der Waals surface area (Å²) in [5.41, 5.74) is -0.768. The van der Waals surface area contributed by atoms with E-state index in [1.807, 2.05) is 6.92 Å². The van der Waals surface area contributed by atoms with Crippen molar-refractivity contribution < 1.29 is 13.2 Å². The zero-order valence-electron chi connectivity index (χ0n) is 9.69. The summed E-state index contributed by atoms with van der Waals surface area (Å²) in [5, 5.41) is 2.71. The molecule has 0 aliphatic carbocycles. The van der Waals surface area contributed by atoms with E-state index in [2.05, 4.69) is 26.2 Å². The van der Waals surface area contributed by atoms with E-state index in [4.69, 9.17) is 11.6 Å². The molecular weight excluding hydrogens is 332 g/mol. The van der Waals surface area contributed by atoms with Crippen molar-refractivity contribution >= 4 is 33.3 Å². The molecule has 7 heteroatoms. The highest BCUT2D eigenvalue weighted by Gasteiger charge is 2.34. The minimum absolute atomic E-state index is 0.0202. The molecule has 1 unspecified atom stereocenters. The molecule has 1 atom stereocenters. The van der Waals surface area contributed by atoms with Crippen molar-refractivity contribution in [3.05, 3.63) is 22.3 Å². The Morgan fingerprint density at radius 1 is 1.50 bits per heavy atom. The van der Waals surface area contributed by atoms with Crippen LogP contribution in [0.1, 0.15) is 25.3 Å². The molecule has 0 bridgehead atoms. The minimum atomic E-state index is -4.42. The van der Waals surface area contributed by atoms with Crippen molar-refractivity contribution in [3.63, 3.8) is 0 Å². The highest BCUT2D eigenvalue weighted by atomic mass is 79.9. The number of nitrogens with one attached hydrogen (secondary N) is 1. The third-order valence-electron chi connectivity index (χ3n) is 2.23. The van der Waals surface area contributed by atoms with E-state index in [9.17, 15) is 13.2 Å². The van der Waals surface area contributed by atoms with Crippen molar-refractivity contribution in [2.24, 2.45) is 0 Å². The maximum Gasteiger partial charge on any atom is 0.419 e. The van der Waals surface area contributed by atoms with Crippen LogP contribution in [0.25, 0.3) is 0 Å². The molecule has 102 valence electrons. The van der Waals surface area contributed by atoms with Crippen LogP contribution < -0.4 is 5.32 Å². The van der Waals surface area contributed by atoms with Crippen LogP contribution in [0.2, 0.25) is 0 Å². The van der Waals surface area contributed by atoms with E-state index in [1.165, 1.54) is 6.20 Å². The third kappa shape index (κ3) is 5.02. The van der Waals surface area contributed by atoms with E-state index in [1.54, 1.807) is 0 Å². The molecule has 0 fully saturated rings. The first-order valence-corrected chi connectivity index (χ1v) is 6.64. The summed E-state index contributed by atoms with van der Waals surface area (Å²) >= 11 is 8.74. The predicted octanol–water partition coefficient (Wildman–Crippen LogP) is 4.68. The number of alkyl halides is 4. The van der Waals surface area contributed by atoms with Gasteiger partial charge >= 0.3 is 6.18 Å². The third-order valence-corrected chi connectivity index (χ3v) is 2.88. The zero-order chi connectivity index (χ0) is 13.8. The second kappa shape index (κ2) is 6.61. The van der Waals surface area contributed by atoms with Gasteiger partial charge in [-0.25, -0.2) is 4.98 Å². The molecule has 1 aromatic heterocycles. The molecule has 0 aliphatic heterocycles. The predicted molar refractivity (Wildman–Crippen MR) is 70.0 cm³/mol. The molecule has 0 saturated carbocycles. The number of aromatic nitrogens is 1. The van der Waals surface area contributed by atoms with Crippen LogP contribution in [-0.2, 0) is 6.18 Å². The number of hydrogen-bond donors (Lipinski definition) is 1. The van der Waals surface area contributed by atoms with Gasteiger partial charge in [0.05, 0.1) is 5.56 Å². The van der Waals surface area contributed by atoms with Gasteiger partial charge in [-0.3, -0.25) is 0 Å². The van der Waals surface area contributed by atoms with Crippen LogP contribution in [0, 0.1) is 0 Å². The fourth-order valence-corrected chi connectivity index (χ4v) is 1.87. The molecule has 1 aromatic rings. The molecular formula is C11H13BrClF3N2. The lowest BCUT2D eigenvalue weighted by Crippen LogP contribution is -2.13. The van der Waals surface area contributed by atoms with Gasteiger partial charge in [0.1, 0.15) is 5.82 Å². The SMILES string of the molecule is CC(Cl)CCCNc1ncc(Br)cc1C(F)(F)F. The van der Waals surface area contributed by atoms with Gasteiger partial charge in [0, 0.05) is 22.6 Å². The maximum absolute atomic E-state index is 12.7. The molecule has 0 saturated heterocycles. The normalized spacial score (nSPS) is 13.4. The number of nitrogens with zero attached hydrogens (tertiary/aromatic N) is 1. The lowest BCUT2D eigenvalue weighted by atomic mass is 10.2. The van der Waals surface area contributed by atoms with E-state index in [0.717, 1.165) is 12.5 Å². The smallest absolute Gasteiger partial charge is 0.370 e. The summed E-state index contributed by atoms with van der Waals surface area (Å²) in [6.45, 7) is 2.26. The van der Waals surface area contributed by atoms with Crippen LogP contribution >= 0.6 is 27.5 Å². The molecule has 18 heavy (non-hydrogen) atoms. The molecule has 0 radical (unpaired) electrons. The molecule has 1 N–H and O–H groups in total. The van der Waals surface area contributed by atoms with Crippen LogP contribution in [0.15, 0.2) is 16.7 Å². The first-order valence-electron chi connectivity index (χ1n) is 5.41. The van der Waals surface area contributed by atoms with Crippen molar-refractivity contribution in [2.75, 3.05) is 11.9 Å². The van der Waals surface area contributed by atoms with Crippen LogP contribution in [0.3, 0.4) is 0 Å². The largest absolute Gasteiger partial charge is 0.419 e.